The highest BCUT2D eigenvalue weighted by Crippen LogP contribution is 2.33. The Bertz CT molecular complexity index is 1430. The maximum absolute atomic E-state index is 14.1. The predicted molar refractivity (Wildman–Crippen MR) is 127 cm³/mol. The normalized spacial score (nSPS) is 15.5. The Balaban J connectivity index is 1.35. The largest absolute Gasteiger partial charge is 0.467 e. The fourth-order valence-electron chi connectivity index (χ4n) is 4.16. The second-order valence-corrected chi connectivity index (χ2v) is 11.1. The van der Waals surface area contributed by atoms with Crippen molar-refractivity contribution in [3.8, 4) is 0 Å². The van der Waals surface area contributed by atoms with Crippen molar-refractivity contribution in [1.82, 2.24) is 9.29 Å². The van der Waals surface area contributed by atoms with E-state index in [0.29, 0.717) is 17.0 Å². The molecule has 1 saturated heterocycles. The lowest BCUT2D eigenvalue weighted by Crippen LogP contribution is -2.44. The van der Waals surface area contributed by atoms with Crippen LogP contribution in [0.5, 0.6) is 0 Å². The third-order valence-corrected chi connectivity index (χ3v) is 8.98. The fraction of sp³-hybridized carbons (Fsp3) is 0.250. The number of sulfonamides is 1. The minimum atomic E-state index is -4.15. The monoisotopic (exact) mass is 517 g/mol. The van der Waals surface area contributed by atoms with Crippen LogP contribution in [0.1, 0.15) is 18.6 Å². The summed E-state index contributed by atoms with van der Waals surface area (Å²) in [5.74, 6) is -2.00. The van der Waals surface area contributed by atoms with Crippen LogP contribution in [-0.4, -0.2) is 36.7 Å². The van der Waals surface area contributed by atoms with Crippen molar-refractivity contribution < 1.29 is 26.4 Å². The number of thiazole rings is 1. The number of carbonyl (C=O) groups excluding carboxylic acids is 1. The Morgan fingerprint density at radius 2 is 1.89 bits per heavy atom. The molecule has 11 heteroatoms. The molecule has 7 nitrogen and oxygen atoms in total. The molecule has 1 fully saturated rings. The van der Waals surface area contributed by atoms with Crippen molar-refractivity contribution in [3.63, 3.8) is 0 Å². The van der Waals surface area contributed by atoms with Crippen LogP contribution in [-0.2, 0) is 21.4 Å². The van der Waals surface area contributed by atoms with Crippen LogP contribution in [0, 0.1) is 17.6 Å². The molecule has 1 aliphatic heterocycles. The first kappa shape index (κ1) is 23.6. The second kappa shape index (κ2) is 9.48. The molecular formula is C24H21F2N3O4S2. The van der Waals surface area contributed by atoms with E-state index in [9.17, 15) is 22.0 Å². The SMILES string of the molecule is O=C(C1CCN(S(=O)(=O)c2ccc(F)cc2F)CC1)N(Cc1ccco1)c1nc2ccccc2s1. The summed E-state index contributed by atoms with van der Waals surface area (Å²) >= 11 is 1.40. The number of hydrogen-bond donors (Lipinski definition) is 0. The van der Waals surface area contributed by atoms with Crippen molar-refractivity contribution in [2.45, 2.75) is 24.3 Å². The summed E-state index contributed by atoms with van der Waals surface area (Å²) in [4.78, 5) is 19.2. The van der Waals surface area contributed by atoms with Gasteiger partial charge in [-0.15, -0.1) is 0 Å². The van der Waals surface area contributed by atoms with Crippen molar-refractivity contribution in [1.29, 1.82) is 0 Å². The van der Waals surface area contributed by atoms with Gasteiger partial charge in [-0.2, -0.15) is 4.31 Å². The lowest BCUT2D eigenvalue weighted by atomic mass is 9.96. The van der Waals surface area contributed by atoms with Crippen LogP contribution in [0.4, 0.5) is 13.9 Å². The summed E-state index contributed by atoms with van der Waals surface area (Å²) in [5, 5.41) is 0.538. The number of para-hydroxylation sites is 1. The third-order valence-electron chi connectivity index (χ3n) is 5.99. The average molecular weight is 518 g/mol. The standard InChI is InChI=1S/C24H21F2N3O4S2/c25-17-7-8-22(19(26)14-17)35(31,32)28-11-9-16(10-12-28)23(30)29(15-18-4-3-13-33-18)24-27-20-5-1-2-6-21(20)34-24/h1-8,13-14,16H,9-12,15H2. The summed E-state index contributed by atoms with van der Waals surface area (Å²) in [5.41, 5.74) is 0.784. The van der Waals surface area contributed by atoms with E-state index in [4.69, 9.17) is 4.42 Å². The number of hydrogen-bond acceptors (Lipinski definition) is 6. The molecule has 0 bridgehead atoms. The first-order valence-electron chi connectivity index (χ1n) is 11.0. The summed E-state index contributed by atoms with van der Waals surface area (Å²) in [6.45, 7) is 0.291. The number of carbonyl (C=O) groups is 1. The highest BCUT2D eigenvalue weighted by atomic mass is 32.2. The number of piperidine rings is 1. The molecule has 1 amide bonds. The Morgan fingerprint density at radius 1 is 1.11 bits per heavy atom. The van der Waals surface area contributed by atoms with Gasteiger partial charge < -0.3 is 4.42 Å². The third kappa shape index (κ3) is 4.71. The first-order chi connectivity index (χ1) is 16.8. The van der Waals surface area contributed by atoms with E-state index in [1.54, 1.807) is 17.0 Å². The van der Waals surface area contributed by atoms with Gasteiger partial charge in [0.2, 0.25) is 15.9 Å². The molecule has 182 valence electrons. The lowest BCUT2D eigenvalue weighted by Gasteiger charge is -2.32. The van der Waals surface area contributed by atoms with Crippen molar-refractivity contribution in [2.24, 2.45) is 5.92 Å². The van der Waals surface area contributed by atoms with Crippen LogP contribution < -0.4 is 4.90 Å². The van der Waals surface area contributed by atoms with Crippen molar-refractivity contribution in [3.05, 3.63) is 78.3 Å². The number of furan rings is 1. The number of halogens is 2. The highest BCUT2D eigenvalue weighted by molar-refractivity contribution is 7.89. The van der Waals surface area contributed by atoms with Crippen LogP contribution in [0.15, 0.2) is 70.2 Å². The molecule has 1 aliphatic rings. The molecule has 0 N–H and O–H groups in total. The highest BCUT2D eigenvalue weighted by Gasteiger charge is 2.36. The number of fused-ring (bicyclic) bond motifs is 1. The second-order valence-electron chi connectivity index (χ2n) is 8.22. The molecule has 2 aromatic carbocycles. The maximum Gasteiger partial charge on any atom is 0.245 e. The van der Waals surface area contributed by atoms with Gasteiger partial charge in [-0.05, 0) is 49.2 Å². The summed E-state index contributed by atoms with van der Waals surface area (Å²) in [6, 6.07) is 13.5. The summed E-state index contributed by atoms with van der Waals surface area (Å²) < 4.78 is 60.7. The van der Waals surface area contributed by atoms with Gasteiger partial charge >= 0.3 is 0 Å². The van der Waals surface area contributed by atoms with E-state index in [1.165, 1.54) is 17.6 Å². The Labute approximate surface area is 204 Å². The number of rotatable bonds is 6. The van der Waals surface area contributed by atoms with Crippen LogP contribution in [0.3, 0.4) is 0 Å². The summed E-state index contributed by atoms with van der Waals surface area (Å²) in [6.07, 6.45) is 2.06. The van der Waals surface area contributed by atoms with Gasteiger partial charge in [-0.3, -0.25) is 9.69 Å². The molecule has 0 radical (unpaired) electrons. The Kier molecular flexibility index (Phi) is 6.39. The molecule has 4 aromatic rings. The zero-order valence-corrected chi connectivity index (χ0v) is 20.1. The van der Waals surface area contributed by atoms with Crippen LogP contribution >= 0.6 is 11.3 Å². The molecule has 5 rings (SSSR count). The lowest BCUT2D eigenvalue weighted by molar-refractivity contribution is -0.123. The minimum absolute atomic E-state index is 0.0456. The number of amides is 1. The van der Waals surface area contributed by atoms with Crippen molar-refractivity contribution in [2.75, 3.05) is 18.0 Å². The number of anilines is 1. The maximum atomic E-state index is 14.1. The molecule has 0 aliphatic carbocycles. The van der Waals surface area contributed by atoms with Crippen LogP contribution in [0.25, 0.3) is 10.2 Å². The van der Waals surface area contributed by atoms with E-state index in [0.717, 1.165) is 26.7 Å². The summed E-state index contributed by atoms with van der Waals surface area (Å²) in [7, 11) is -4.15. The van der Waals surface area contributed by atoms with Gasteiger partial charge in [0.05, 0.1) is 23.0 Å². The smallest absolute Gasteiger partial charge is 0.245 e. The molecule has 35 heavy (non-hydrogen) atoms. The number of benzene rings is 2. The first-order valence-corrected chi connectivity index (χ1v) is 13.2. The van der Waals surface area contributed by atoms with Gasteiger partial charge in [0, 0.05) is 25.1 Å². The van der Waals surface area contributed by atoms with Crippen molar-refractivity contribution >= 4 is 42.6 Å². The zero-order chi connectivity index (χ0) is 24.6. The zero-order valence-electron chi connectivity index (χ0n) is 18.4. The Morgan fingerprint density at radius 3 is 2.57 bits per heavy atom. The average Bonchev–Trinajstić information content (AvgIpc) is 3.51. The van der Waals surface area contributed by atoms with Crippen LogP contribution in [0.2, 0.25) is 0 Å². The molecule has 2 aromatic heterocycles. The van der Waals surface area contributed by atoms with E-state index >= 15 is 0 Å². The molecule has 0 unspecified atom stereocenters. The quantitative estimate of drug-likeness (QED) is 0.367. The molecule has 0 atom stereocenters. The predicted octanol–water partition coefficient (Wildman–Crippen LogP) is 4.80. The van der Waals surface area contributed by atoms with E-state index in [-0.39, 0.29) is 38.4 Å². The van der Waals surface area contributed by atoms with Gasteiger partial charge in [0.1, 0.15) is 22.3 Å². The molecule has 0 saturated carbocycles. The number of nitrogens with zero attached hydrogens (tertiary/aromatic N) is 3. The van der Waals surface area contributed by atoms with E-state index in [1.807, 2.05) is 24.3 Å². The molecule has 0 spiro atoms. The fourth-order valence-corrected chi connectivity index (χ4v) is 6.65. The number of aromatic nitrogens is 1. The minimum Gasteiger partial charge on any atom is -0.467 e. The van der Waals surface area contributed by atoms with E-state index < -0.39 is 32.5 Å². The van der Waals surface area contributed by atoms with Gasteiger partial charge in [0.25, 0.3) is 0 Å². The molecular weight excluding hydrogens is 496 g/mol. The van der Waals surface area contributed by atoms with Gasteiger partial charge in [-0.25, -0.2) is 22.2 Å². The van der Waals surface area contributed by atoms with Gasteiger partial charge in [-0.1, -0.05) is 23.5 Å². The Hall–Kier alpha value is -3.15. The topological polar surface area (TPSA) is 83.7 Å². The van der Waals surface area contributed by atoms with E-state index in [2.05, 4.69) is 4.98 Å². The molecule has 3 heterocycles. The van der Waals surface area contributed by atoms with Gasteiger partial charge in [0.15, 0.2) is 5.13 Å².